The van der Waals surface area contributed by atoms with Gasteiger partial charge in [-0.2, -0.15) is 4.98 Å². The molecule has 16 heavy (non-hydrogen) atoms. The first-order chi connectivity index (χ1) is 7.65. The normalized spacial score (nSPS) is 15.4. The van der Waals surface area contributed by atoms with E-state index in [2.05, 4.69) is 9.97 Å². The maximum atomic E-state index is 11.3. The largest absolute Gasteiger partial charge is 0.385 e. The molecule has 0 unspecified atom stereocenters. The number of nitrogen functional groups attached to an aromatic ring is 1. The Bertz CT molecular complexity index is 656. The molecule has 5 nitrogen and oxygen atoms in total. The zero-order valence-corrected chi connectivity index (χ0v) is 9.19. The number of H-pyrrole nitrogens is 1. The predicted molar refractivity (Wildman–Crippen MR) is 61.7 cm³/mol. The number of carbonyl (C=O) groups excluding carboxylic acids is 1. The third kappa shape index (κ3) is 1.26. The van der Waals surface area contributed by atoms with E-state index in [0.29, 0.717) is 29.9 Å². The Balaban J connectivity index is 2.37. The van der Waals surface area contributed by atoms with Gasteiger partial charge in [-0.25, -0.2) is 4.79 Å². The van der Waals surface area contributed by atoms with Gasteiger partial charge in [0.2, 0.25) is 0 Å². The van der Waals surface area contributed by atoms with E-state index in [1.54, 1.807) is 0 Å². The fourth-order valence-electron chi connectivity index (χ4n) is 2.09. The van der Waals surface area contributed by atoms with E-state index in [0.717, 1.165) is 15.8 Å². The van der Waals surface area contributed by atoms with Crippen LogP contribution in [0.25, 0.3) is 10.2 Å². The van der Waals surface area contributed by atoms with Gasteiger partial charge in [-0.15, -0.1) is 11.3 Å². The first-order valence-corrected chi connectivity index (χ1v) is 5.78. The van der Waals surface area contributed by atoms with Crippen molar-refractivity contribution in [3.05, 3.63) is 20.9 Å². The Morgan fingerprint density at radius 2 is 2.12 bits per heavy atom. The molecule has 0 aromatic carbocycles. The van der Waals surface area contributed by atoms with Crippen molar-refractivity contribution >= 4 is 33.2 Å². The minimum Gasteiger partial charge on any atom is -0.385 e. The van der Waals surface area contributed by atoms with Crippen LogP contribution < -0.4 is 11.4 Å². The molecule has 1 aliphatic rings. The zero-order valence-electron chi connectivity index (χ0n) is 8.37. The summed E-state index contributed by atoms with van der Waals surface area (Å²) in [4.78, 5) is 30.5. The Morgan fingerprint density at radius 1 is 1.31 bits per heavy atom. The van der Waals surface area contributed by atoms with Crippen molar-refractivity contribution in [1.82, 2.24) is 9.97 Å². The van der Waals surface area contributed by atoms with Crippen molar-refractivity contribution in [2.24, 2.45) is 0 Å². The summed E-state index contributed by atoms with van der Waals surface area (Å²) >= 11 is 1.40. The summed E-state index contributed by atoms with van der Waals surface area (Å²) in [7, 11) is 0. The van der Waals surface area contributed by atoms with E-state index in [1.807, 2.05) is 0 Å². The van der Waals surface area contributed by atoms with Crippen LogP contribution in [0.15, 0.2) is 4.79 Å². The molecule has 0 bridgehead atoms. The molecule has 2 heterocycles. The second-order valence-electron chi connectivity index (χ2n) is 3.86. The number of hydrogen-bond donors (Lipinski definition) is 2. The van der Waals surface area contributed by atoms with Gasteiger partial charge in [-0.1, -0.05) is 0 Å². The Kier molecular flexibility index (Phi) is 1.88. The summed E-state index contributed by atoms with van der Waals surface area (Å²) in [5.74, 6) is 0.603. The highest BCUT2D eigenvalue weighted by Gasteiger charge is 2.22. The average Bonchev–Trinajstić information content (AvgIpc) is 2.54. The molecule has 1 aliphatic carbocycles. The third-order valence-electron chi connectivity index (χ3n) is 2.80. The molecule has 2 aromatic heterocycles. The summed E-state index contributed by atoms with van der Waals surface area (Å²) < 4.78 is 0. The van der Waals surface area contributed by atoms with Gasteiger partial charge in [0.15, 0.2) is 0 Å². The number of rotatable bonds is 0. The third-order valence-corrected chi connectivity index (χ3v) is 3.92. The molecule has 2 aromatic rings. The molecule has 3 N–H and O–H groups in total. The lowest BCUT2D eigenvalue weighted by Gasteiger charge is -2.09. The quantitative estimate of drug-likeness (QED) is 0.700. The second-order valence-corrected chi connectivity index (χ2v) is 4.94. The maximum absolute atomic E-state index is 11.3. The summed E-state index contributed by atoms with van der Waals surface area (Å²) in [6.45, 7) is 0. The standard InChI is InChI=1S/C10H9N3O2S/c11-8-7-5-2-1-4(14)3-6(5)16-9(7)13-10(15)12-8/h1-3H2,(H3,11,12,13,15). The number of aryl methyl sites for hydroxylation is 1. The lowest BCUT2D eigenvalue weighted by atomic mass is 9.96. The average molecular weight is 235 g/mol. The van der Waals surface area contributed by atoms with Crippen LogP contribution >= 0.6 is 11.3 Å². The van der Waals surface area contributed by atoms with Crippen molar-refractivity contribution in [3.63, 3.8) is 0 Å². The number of Topliss-reactive ketones (excluding diaryl/α,β-unsaturated/α-hetero) is 1. The first-order valence-electron chi connectivity index (χ1n) is 4.97. The Hall–Kier alpha value is -1.69. The van der Waals surface area contributed by atoms with E-state index in [4.69, 9.17) is 5.73 Å². The SMILES string of the molecule is Nc1[nH]c(=O)nc2sc3c(c12)CCC(=O)C3. The van der Waals surface area contributed by atoms with E-state index >= 15 is 0 Å². The molecule has 0 radical (unpaired) electrons. The van der Waals surface area contributed by atoms with E-state index in [9.17, 15) is 9.59 Å². The van der Waals surface area contributed by atoms with Gasteiger partial charge in [0.25, 0.3) is 0 Å². The second kappa shape index (κ2) is 3.15. The lowest BCUT2D eigenvalue weighted by Crippen LogP contribution is -2.13. The number of aromatic amines is 1. The molecule has 0 fully saturated rings. The van der Waals surface area contributed by atoms with Gasteiger partial charge >= 0.3 is 5.69 Å². The molecule has 0 amide bonds. The van der Waals surface area contributed by atoms with Gasteiger partial charge in [0.05, 0.1) is 5.39 Å². The van der Waals surface area contributed by atoms with Gasteiger partial charge in [0, 0.05) is 17.7 Å². The minimum absolute atomic E-state index is 0.240. The molecule has 0 spiro atoms. The minimum atomic E-state index is -0.435. The topological polar surface area (TPSA) is 88.8 Å². The summed E-state index contributed by atoms with van der Waals surface area (Å²) in [6, 6.07) is 0. The van der Waals surface area contributed by atoms with Gasteiger partial charge in [-0.3, -0.25) is 9.78 Å². The monoisotopic (exact) mass is 235 g/mol. The number of thiophene rings is 1. The van der Waals surface area contributed by atoms with Gasteiger partial charge in [0.1, 0.15) is 16.4 Å². The van der Waals surface area contributed by atoms with Crippen LogP contribution in [0.3, 0.4) is 0 Å². The molecular formula is C10H9N3O2S. The number of ketones is 1. The van der Waals surface area contributed by atoms with Crippen LogP contribution in [0, 0.1) is 0 Å². The van der Waals surface area contributed by atoms with Crippen LogP contribution in [0.5, 0.6) is 0 Å². The number of nitrogens with two attached hydrogens (primary N) is 1. The van der Waals surface area contributed by atoms with Gasteiger partial charge in [-0.05, 0) is 12.0 Å². The van der Waals surface area contributed by atoms with E-state index in [1.165, 1.54) is 11.3 Å². The Labute approximate surface area is 94.3 Å². The predicted octanol–water partition coefficient (Wildman–Crippen LogP) is 0.625. The van der Waals surface area contributed by atoms with Crippen molar-refractivity contribution in [1.29, 1.82) is 0 Å². The van der Waals surface area contributed by atoms with Crippen molar-refractivity contribution in [2.45, 2.75) is 19.3 Å². The first kappa shape index (κ1) is 9.53. The number of aromatic nitrogens is 2. The summed E-state index contributed by atoms with van der Waals surface area (Å²) in [5, 5.41) is 0.826. The molecule has 82 valence electrons. The highest BCUT2D eigenvalue weighted by Crippen LogP contribution is 2.35. The number of carbonyl (C=O) groups is 1. The number of nitrogens with zero attached hydrogens (tertiary/aromatic N) is 1. The van der Waals surface area contributed by atoms with Crippen LogP contribution in [-0.4, -0.2) is 15.8 Å². The fraction of sp³-hybridized carbons (Fsp3) is 0.300. The molecule has 0 atom stereocenters. The zero-order chi connectivity index (χ0) is 11.3. The Morgan fingerprint density at radius 3 is 2.94 bits per heavy atom. The fourth-order valence-corrected chi connectivity index (χ4v) is 3.35. The number of fused-ring (bicyclic) bond motifs is 3. The van der Waals surface area contributed by atoms with Crippen molar-refractivity contribution in [3.8, 4) is 0 Å². The number of anilines is 1. The van der Waals surface area contributed by atoms with Crippen molar-refractivity contribution < 1.29 is 4.79 Å². The molecule has 3 rings (SSSR count). The van der Waals surface area contributed by atoms with E-state index < -0.39 is 5.69 Å². The summed E-state index contributed by atoms with van der Waals surface area (Å²) in [6.07, 6.45) is 1.70. The highest BCUT2D eigenvalue weighted by molar-refractivity contribution is 7.19. The van der Waals surface area contributed by atoms with Gasteiger partial charge < -0.3 is 5.73 Å². The van der Waals surface area contributed by atoms with Crippen LogP contribution in [0.2, 0.25) is 0 Å². The smallest absolute Gasteiger partial charge is 0.347 e. The van der Waals surface area contributed by atoms with Crippen LogP contribution in [0.1, 0.15) is 16.9 Å². The van der Waals surface area contributed by atoms with Crippen molar-refractivity contribution in [2.75, 3.05) is 5.73 Å². The molecule has 0 saturated heterocycles. The van der Waals surface area contributed by atoms with Crippen LogP contribution in [0.4, 0.5) is 5.82 Å². The molecule has 0 aliphatic heterocycles. The van der Waals surface area contributed by atoms with E-state index in [-0.39, 0.29) is 5.78 Å². The number of nitrogens with one attached hydrogen (secondary N) is 1. The molecule has 6 heteroatoms. The molecular weight excluding hydrogens is 226 g/mol. The molecule has 0 saturated carbocycles. The number of hydrogen-bond acceptors (Lipinski definition) is 5. The maximum Gasteiger partial charge on any atom is 0.347 e. The highest BCUT2D eigenvalue weighted by atomic mass is 32.1. The van der Waals surface area contributed by atoms with Crippen LogP contribution in [-0.2, 0) is 17.6 Å². The lowest BCUT2D eigenvalue weighted by molar-refractivity contribution is -0.118. The summed E-state index contributed by atoms with van der Waals surface area (Å²) in [5.41, 5.74) is 6.44.